The minimum atomic E-state index is -0.661. The van der Waals surface area contributed by atoms with Crippen molar-refractivity contribution in [3.63, 3.8) is 0 Å². The van der Waals surface area contributed by atoms with Gasteiger partial charge in [-0.2, -0.15) is 5.10 Å². The average molecular weight is 431 g/mol. The van der Waals surface area contributed by atoms with Crippen LogP contribution in [0.25, 0.3) is 0 Å². The molecule has 1 aromatic heterocycles. The number of nitrogens with one attached hydrogen (secondary N) is 2. The number of benzene rings is 1. The van der Waals surface area contributed by atoms with Crippen LogP contribution in [0.1, 0.15) is 51.8 Å². The topological polar surface area (TPSA) is 76.0 Å². The highest BCUT2D eigenvalue weighted by molar-refractivity contribution is 6.30. The average Bonchev–Trinajstić information content (AvgIpc) is 3.14. The van der Waals surface area contributed by atoms with Gasteiger partial charge in [0.25, 0.3) is 0 Å². The van der Waals surface area contributed by atoms with Gasteiger partial charge in [0.15, 0.2) is 0 Å². The predicted molar refractivity (Wildman–Crippen MR) is 119 cm³/mol. The van der Waals surface area contributed by atoms with Gasteiger partial charge in [0.05, 0.1) is 17.7 Å². The van der Waals surface area contributed by atoms with Crippen molar-refractivity contribution in [1.29, 1.82) is 0 Å². The van der Waals surface area contributed by atoms with Gasteiger partial charge in [0.1, 0.15) is 5.82 Å². The molecule has 2 aromatic rings. The van der Waals surface area contributed by atoms with Crippen LogP contribution in [0.2, 0.25) is 5.02 Å². The number of carbonyl (C=O) groups excluding carboxylic acids is 2. The van der Waals surface area contributed by atoms with E-state index in [1.807, 2.05) is 65.0 Å². The van der Waals surface area contributed by atoms with Crippen LogP contribution >= 0.6 is 11.6 Å². The summed E-state index contributed by atoms with van der Waals surface area (Å²) in [5.74, 6) is 0.430. The van der Waals surface area contributed by atoms with E-state index in [9.17, 15) is 9.59 Å². The number of amides is 2. The molecule has 30 heavy (non-hydrogen) atoms. The van der Waals surface area contributed by atoms with Crippen LogP contribution in [0, 0.1) is 23.7 Å². The van der Waals surface area contributed by atoms with E-state index in [-0.39, 0.29) is 17.7 Å². The summed E-state index contributed by atoms with van der Waals surface area (Å²) in [5, 5.41) is 11.2. The molecule has 2 atom stereocenters. The second-order valence-electron chi connectivity index (χ2n) is 8.95. The smallest absolute Gasteiger partial charge is 0.232 e. The van der Waals surface area contributed by atoms with Gasteiger partial charge >= 0.3 is 0 Å². The maximum Gasteiger partial charge on any atom is 0.232 e. The molecule has 1 aromatic carbocycles. The molecule has 0 unspecified atom stereocenters. The molecule has 3 rings (SSSR count). The Morgan fingerprint density at radius 3 is 2.53 bits per heavy atom. The molecule has 162 valence electrons. The Morgan fingerprint density at radius 1 is 1.23 bits per heavy atom. The van der Waals surface area contributed by atoms with Gasteiger partial charge in [-0.05, 0) is 49.8 Å². The normalized spacial score (nSPS) is 22.7. The minimum Gasteiger partial charge on any atom is -0.356 e. The van der Waals surface area contributed by atoms with E-state index in [1.165, 1.54) is 0 Å². The molecule has 0 saturated heterocycles. The zero-order valence-electron chi connectivity index (χ0n) is 18.4. The summed E-state index contributed by atoms with van der Waals surface area (Å²) in [4.78, 5) is 26.0. The number of aromatic nitrogens is 2. The highest BCUT2D eigenvalue weighted by Gasteiger charge is 2.58. The zero-order chi connectivity index (χ0) is 22.1. The van der Waals surface area contributed by atoms with Gasteiger partial charge in [0, 0.05) is 23.6 Å². The second kappa shape index (κ2) is 8.42. The van der Waals surface area contributed by atoms with E-state index in [0.717, 1.165) is 11.3 Å². The van der Waals surface area contributed by atoms with Gasteiger partial charge in [-0.25, -0.2) is 4.68 Å². The predicted octanol–water partition coefficient (Wildman–Crippen LogP) is 4.41. The van der Waals surface area contributed by atoms with Crippen LogP contribution in [0.4, 0.5) is 5.82 Å². The van der Waals surface area contributed by atoms with Crippen LogP contribution in [0.3, 0.4) is 0 Å². The Labute approximate surface area is 183 Å². The highest BCUT2D eigenvalue weighted by Crippen LogP contribution is 2.56. The van der Waals surface area contributed by atoms with E-state index in [1.54, 1.807) is 4.68 Å². The fraction of sp³-hybridized carbons (Fsp3) is 0.522. The molecular weight excluding hydrogens is 400 g/mol. The molecule has 0 spiro atoms. The van der Waals surface area contributed by atoms with Crippen molar-refractivity contribution in [3.05, 3.63) is 46.6 Å². The Morgan fingerprint density at radius 2 is 1.90 bits per heavy atom. The Kier molecular flexibility index (Phi) is 6.27. The summed E-state index contributed by atoms with van der Waals surface area (Å²) < 4.78 is 1.79. The Bertz CT molecular complexity index is 935. The van der Waals surface area contributed by atoms with Crippen molar-refractivity contribution in [3.8, 4) is 0 Å². The maximum absolute atomic E-state index is 13.4. The number of anilines is 1. The van der Waals surface area contributed by atoms with Crippen LogP contribution in [0.15, 0.2) is 30.3 Å². The summed E-state index contributed by atoms with van der Waals surface area (Å²) in [5.41, 5.74) is 0.746. The molecule has 6 nitrogen and oxygen atoms in total. The molecule has 0 aliphatic heterocycles. The fourth-order valence-electron chi connectivity index (χ4n) is 4.45. The van der Waals surface area contributed by atoms with Gasteiger partial charge in [-0.15, -0.1) is 0 Å². The molecule has 7 heteroatoms. The molecule has 1 heterocycles. The number of carbonyl (C=O) groups is 2. The summed E-state index contributed by atoms with van der Waals surface area (Å²) in [6.45, 7) is 11.0. The maximum atomic E-state index is 13.4. The molecular formula is C23H31ClN4O2. The lowest BCUT2D eigenvalue weighted by molar-refractivity contribution is -0.135. The van der Waals surface area contributed by atoms with Gasteiger partial charge in [-0.1, -0.05) is 44.5 Å². The third-order valence-electron chi connectivity index (χ3n) is 6.78. The lowest BCUT2D eigenvalue weighted by Gasteiger charge is -2.39. The second-order valence-corrected chi connectivity index (χ2v) is 9.39. The third-order valence-corrected chi connectivity index (χ3v) is 7.04. The van der Waals surface area contributed by atoms with Crippen LogP contribution < -0.4 is 10.6 Å². The van der Waals surface area contributed by atoms with Gasteiger partial charge in [-0.3, -0.25) is 9.59 Å². The lowest BCUT2D eigenvalue weighted by atomic mass is 9.65. The van der Waals surface area contributed by atoms with Crippen LogP contribution in [0.5, 0.6) is 0 Å². The quantitative estimate of drug-likeness (QED) is 0.712. The standard InChI is InChI=1S/C23H31ClN4O2/c1-6-25-20(29)18-11-12-23(5,22(18,3)4)21(30)26-19-13-15(2)27-28(19)14-16-7-9-17(24)10-8-16/h7-10,13,18H,6,11-12,14H2,1-5H3,(H,25,29)(H,26,30)/t18-,23+/m1/s1. The molecule has 0 radical (unpaired) electrons. The fourth-order valence-corrected chi connectivity index (χ4v) is 4.57. The molecule has 1 fully saturated rings. The molecule has 0 bridgehead atoms. The first-order valence-corrected chi connectivity index (χ1v) is 10.8. The van der Waals surface area contributed by atoms with Gasteiger partial charge in [0.2, 0.25) is 11.8 Å². The van der Waals surface area contributed by atoms with Crippen molar-refractivity contribution in [2.45, 2.75) is 54.0 Å². The summed E-state index contributed by atoms with van der Waals surface area (Å²) in [7, 11) is 0. The first-order chi connectivity index (χ1) is 14.1. The first-order valence-electron chi connectivity index (χ1n) is 10.5. The summed E-state index contributed by atoms with van der Waals surface area (Å²) in [6, 6.07) is 9.46. The van der Waals surface area contributed by atoms with Crippen molar-refractivity contribution in [1.82, 2.24) is 15.1 Å². The molecule has 2 amide bonds. The van der Waals surface area contributed by atoms with Crippen molar-refractivity contribution in [2.75, 3.05) is 11.9 Å². The highest BCUT2D eigenvalue weighted by atomic mass is 35.5. The minimum absolute atomic E-state index is 0.0302. The van der Waals surface area contributed by atoms with Crippen molar-refractivity contribution in [2.24, 2.45) is 16.7 Å². The SMILES string of the molecule is CCNC(=O)[C@H]1CC[C@@](C)(C(=O)Nc2cc(C)nn2Cc2ccc(Cl)cc2)C1(C)C. The van der Waals surface area contributed by atoms with E-state index in [2.05, 4.69) is 15.7 Å². The Hall–Kier alpha value is -2.34. The van der Waals surface area contributed by atoms with E-state index in [4.69, 9.17) is 11.6 Å². The van der Waals surface area contributed by atoms with Crippen molar-refractivity contribution < 1.29 is 9.59 Å². The summed E-state index contributed by atoms with van der Waals surface area (Å²) in [6.07, 6.45) is 1.36. The van der Waals surface area contributed by atoms with Crippen molar-refractivity contribution >= 4 is 29.2 Å². The first kappa shape index (κ1) is 22.3. The van der Waals surface area contributed by atoms with Gasteiger partial charge < -0.3 is 10.6 Å². The molecule has 1 aliphatic rings. The molecule has 1 aliphatic carbocycles. The number of aryl methyl sites for hydroxylation is 1. The monoisotopic (exact) mass is 430 g/mol. The van der Waals surface area contributed by atoms with Crippen LogP contribution in [-0.2, 0) is 16.1 Å². The number of hydrogen-bond acceptors (Lipinski definition) is 3. The zero-order valence-corrected chi connectivity index (χ0v) is 19.1. The van der Waals surface area contributed by atoms with E-state index >= 15 is 0 Å². The third kappa shape index (κ3) is 4.10. The van der Waals surface area contributed by atoms with E-state index < -0.39 is 10.8 Å². The van der Waals surface area contributed by atoms with Crippen LogP contribution in [-0.4, -0.2) is 28.1 Å². The number of rotatable bonds is 6. The number of halogens is 1. The lowest BCUT2D eigenvalue weighted by Crippen LogP contribution is -2.47. The molecule has 2 N–H and O–H groups in total. The van der Waals surface area contributed by atoms with E-state index in [0.29, 0.717) is 36.8 Å². The number of hydrogen-bond donors (Lipinski definition) is 2. The Balaban J connectivity index is 1.80. The number of nitrogens with zero attached hydrogens (tertiary/aromatic N) is 2. The summed E-state index contributed by atoms with van der Waals surface area (Å²) >= 11 is 5.98. The molecule has 1 saturated carbocycles. The largest absolute Gasteiger partial charge is 0.356 e.